The maximum absolute atomic E-state index is 12.7. The Labute approximate surface area is 157 Å². The molecule has 0 fully saturated rings. The van der Waals surface area contributed by atoms with E-state index in [4.69, 9.17) is 16.3 Å². The zero-order valence-electron chi connectivity index (χ0n) is 14.6. The van der Waals surface area contributed by atoms with Crippen LogP contribution in [0.5, 0.6) is 5.75 Å². The fourth-order valence-electron chi connectivity index (χ4n) is 2.80. The normalized spacial score (nSPS) is 11.7. The molecule has 1 aromatic heterocycles. The van der Waals surface area contributed by atoms with Gasteiger partial charge in [-0.15, -0.1) is 0 Å². The average Bonchev–Trinajstić information content (AvgIpc) is 2.68. The standard InChI is InChI=1S/C21H19ClN2O2/c1-14(17-5-3-4-6-20(17)26-2)24-21(25)18-8-7-16(13-19(18)22)15-9-11-23-12-10-15/h3-14H,1-2H3,(H,24,25). The molecule has 1 heterocycles. The van der Waals surface area contributed by atoms with Gasteiger partial charge < -0.3 is 10.1 Å². The smallest absolute Gasteiger partial charge is 0.253 e. The molecular weight excluding hydrogens is 348 g/mol. The minimum absolute atomic E-state index is 0.213. The Kier molecular flexibility index (Phi) is 5.54. The van der Waals surface area contributed by atoms with Gasteiger partial charge in [0.25, 0.3) is 5.91 Å². The third-order valence-electron chi connectivity index (χ3n) is 4.18. The number of aromatic nitrogens is 1. The summed E-state index contributed by atoms with van der Waals surface area (Å²) in [6, 6.07) is 16.6. The van der Waals surface area contributed by atoms with Crippen molar-refractivity contribution in [3.63, 3.8) is 0 Å². The molecule has 0 aliphatic rings. The first kappa shape index (κ1) is 18.0. The highest BCUT2D eigenvalue weighted by molar-refractivity contribution is 6.34. The second-order valence-electron chi connectivity index (χ2n) is 5.87. The topological polar surface area (TPSA) is 51.2 Å². The van der Waals surface area contributed by atoms with E-state index in [0.717, 1.165) is 22.4 Å². The summed E-state index contributed by atoms with van der Waals surface area (Å²) in [6.07, 6.45) is 3.44. The molecule has 0 aliphatic heterocycles. The van der Waals surface area contributed by atoms with Crippen LogP contribution in [0.4, 0.5) is 0 Å². The van der Waals surface area contributed by atoms with E-state index in [1.807, 2.05) is 49.4 Å². The summed E-state index contributed by atoms with van der Waals surface area (Å²) in [5, 5.41) is 3.38. The molecule has 0 saturated heterocycles. The number of rotatable bonds is 5. The second-order valence-corrected chi connectivity index (χ2v) is 6.27. The minimum atomic E-state index is -0.227. The number of carbonyl (C=O) groups is 1. The van der Waals surface area contributed by atoms with Crippen molar-refractivity contribution in [3.8, 4) is 16.9 Å². The number of benzene rings is 2. The lowest BCUT2D eigenvalue weighted by Crippen LogP contribution is -2.27. The Morgan fingerprint density at radius 2 is 1.81 bits per heavy atom. The minimum Gasteiger partial charge on any atom is -0.496 e. The van der Waals surface area contributed by atoms with E-state index in [1.165, 1.54) is 0 Å². The molecule has 0 bridgehead atoms. The molecule has 0 aliphatic carbocycles. The van der Waals surface area contributed by atoms with E-state index in [0.29, 0.717) is 10.6 Å². The van der Waals surface area contributed by atoms with Gasteiger partial charge in [0.2, 0.25) is 0 Å². The van der Waals surface area contributed by atoms with Gasteiger partial charge in [0.1, 0.15) is 5.75 Å². The molecule has 0 radical (unpaired) electrons. The van der Waals surface area contributed by atoms with Gasteiger partial charge in [-0.25, -0.2) is 0 Å². The molecule has 1 N–H and O–H groups in total. The molecule has 4 nitrogen and oxygen atoms in total. The first-order valence-corrected chi connectivity index (χ1v) is 8.61. The Morgan fingerprint density at radius 1 is 1.08 bits per heavy atom. The van der Waals surface area contributed by atoms with Crippen LogP contribution in [0.1, 0.15) is 28.9 Å². The molecule has 0 spiro atoms. The maximum Gasteiger partial charge on any atom is 0.253 e. The number of methoxy groups -OCH3 is 1. The van der Waals surface area contributed by atoms with Crippen molar-refractivity contribution in [2.24, 2.45) is 0 Å². The number of halogens is 1. The molecule has 3 rings (SSSR count). The average molecular weight is 367 g/mol. The van der Waals surface area contributed by atoms with E-state index >= 15 is 0 Å². The summed E-state index contributed by atoms with van der Waals surface area (Å²) in [5.74, 6) is 0.508. The molecule has 0 saturated carbocycles. The number of pyridine rings is 1. The summed E-state index contributed by atoms with van der Waals surface area (Å²) in [5.41, 5.74) is 3.28. The van der Waals surface area contributed by atoms with Crippen LogP contribution in [0.25, 0.3) is 11.1 Å². The van der Waals surface area contributed by atoms with E-state index < -0.39 is 0 Å². The van der Waals surface area contributed by atoms with Crippen LogP contribution in [0.2, 0.25) is 5.02 Å². The quantitative estimate of drug-likeness (QED) is 0.698. The number of para-hydroxylation sites is 1. The summed E-state index contributed by atoms with van der Waals surface area (Å²) < 4.78 is 5.36. The van der Waals surface area contributed by atoms with Gasteiger partial charge in [-0.1, -0.05) is 35.9 Å². The van der Waals surface area contributed by atoms with Crippen molar-refractivity contribution in [1.82, 2.24) is 10.3 Å². The Hall–Kier alpha value is -2.85. The zero-order valence-corrected chi connectivity index (χ0v) is 15.3. The lowest BCUT2D eigenvalue weighted by atomic mass is 10.0. The predicted molar refractivity (Wildman–Crippen MR) is 104 cm³/mol. The van der Waals surface area contributed by atoms with E-state index in [-0.39, 0.29) is 11.9 Å². The first-order valence-electron chi connectivity index (χ1n) is 8.24. The molecular formula is C21H19ClN2O2. The molecule has 1 atom stereocenters. The van der Waals surface area contributed by atoms with Gasteiger partial charge >= 0.3 is 0 Å². The highest BCUT2D eigenvalue weighted by Gasteiger charge is 2.17. The number of ether oxygens (including phenoxy) is 1. The highest BCUT2D eigenvalue weighted by Crippen LogP contribution is 2.27. The van der Waals surface area contributed by atoms with E-state index in [9.17, 15) is 4.79 Å². The number of nitrogens with one attached hydrogen (secondary N) is 1. The lowest BCUT2D eigenvalue weighted by Gasteiger charge is -2.18. The van der Waals surface area contributed by atoms with Gasteiger partial charge in [-0.2, -0.15) is 0 Å². The lowest BCUT2D eigenvalue weighted by molar-refractivity contribution is 0.0939. The summed E-state index contributed by atoms with van der Waals surface area (Å²) in [4.78, 5) is 16.7. The first-order chi connectivity index (χ1) is 12.6. The monoisotopic (exact) mass is 366 g/mol. The van der Waals surface area contributed by atoms with Crippen LogP contribution in [0.15, 0.2) is 67.0 Å². The number of hydrogen-bond donors (Lipinski definition) is 1. The van der Waals surface area contributed by atoms with E-state index in [2.05, 4.69) is 10.3 Å². The Bertz CT molecular complexity index is 913. The third kappa shape index (κ3) is 3.86. The fraction of sp³-hybridized carbons (Fsp3) is 0.143. The summed E-state index contributed by atoms with van der Waals surface area (Å²) in [7, 11) is 1.61. The number of nitrogens with zero attached hydrogens (tertiary/aromatic N) is 1. The van der Waals surface area contributed by atoms with Crippen LogP contribution < -0.4 is 10.1 Å². The van der Waals surface area contributed by atoms with Crippen LogP contribution >= 0.6 is 11.6 Å². The van der Waals surface area contributed by atoms with Crippen molar-refractivity contribution < 1.29 is 9.53 Å². The predicted octanol–water partition coefficient (Wildman–Crippen LogP) is 4.90. The van der Waals surface area contributed by atoms with Crippen molar-refractivity contribution in [2.75, 3.05) is 7.11 Å². The van der Waals surface area contributed by atoms with Gasteiger partial charge in [-0.05, 0) is 48.4 Å². The number of carbonyl (C=O) groups excluding carboxylic acids is 1. The van der Waals surface area contributed by atoms with Crippen molar-refractivity contribution in [1.29, 1.82) is 0 Å². The second kappa shape index (κ2) is 8.02. The molecule has 1 unspecified atom stereocenters. The van der Waals surface area contributed by atoms with Crippen LogP contribution in [-0.2, 0) is 0 Å². The van der Waals surface area contributed by atoms with Crippen molar-refractivity contribution >= 4 is 17.5 Å². The molecule has 3 aromatic rings. The molecule has 132 valence electrons. The number of amides is 1. The van der Waals surface area contributed by atoms with Crippen LogP contribution in [-0.4, -0.2) is 18.0 Å². The third-order valence-corrected chi connectivity index (χ3v) is 4.49. The molecule has 2 aromatic carbocycles. The highest BCUT2D eigenvalue weighted by atomic mass is 35.5. The van der Waals surface area contributed by atoms with Gasteiger partial charge in [0, 0.05) is 18.0 Å². The summed E-state index contributed by atoms with van der Waals surface area (Å²) in [6.45, 7) is 1.91. The Morgan fingerprint density at radius 3 is 2.50 bits per heavy atom. The fourth-order valence-corrected chi connectivity index (χ4v) is 3.07. The summed E-state index contributed by atoms with van der Waals surface area (Å²) >= 11 is 6.36. The van der Waals surface area contributed by atoms with Gasteiger partial charge in [0.05, 0.1) is 23.7 Å². The van der Waals surface area contributed by atoms with Gasteiger partial charge in [-0.3, -0.25) is 9.78 Å². The Balaban J connectivity index is 1.80. The molecule has 5 heteroatoms. The van der Waals surface area contributed by atoms with Gasteiger partial charge in [0.15, 0.2) is 0 Å². The van der Waals surface area contributed by atoms with Crippen molar-refractivity contribution in [2.45, 2.75) is 13.0 Å². The van der Waals surface area contributed by atoms with Crippen LogP contribution in [0.3, 0.4) is 0 Å². The molecule has 26 heavy (non-hydrogen) atoms. The van der Waals surface area contributed by atoms with E-state index in [1.54, 1.807) is 31.6 Å². The molecule has 1 amide bonds. The van der Waals surface area contributed by atoms with Crippen LogP contribution in [0, 0.1) is 0 Å². The van der Waals surface area contributed by atoms with Crippen molar-refractivity contribution in [3.05, 3.63) is 83.1 Å². The largest absolute Gasteiger partial charge is 0.496 e. The maximum atomic E-state index is 12.7. The number of hydrogen-bond acceptors (Lipinski definition) is 3. The zero-order chi connectivity index (χ0) is 18.5. The SMILES string of the molecule is COc1ccccc1C(C)NC(=O)c1ccc(-c2ccncc2)cc1Cl.